The molecule has 0 spiro atoms. The minimum Gasteiger partial charge on any atom is -0.379 e. The Balaban J connectivity index is 1.98. The molecule has 24 heavy (non-hydrogen) atoms. The van der Waals surface area contributed by atoms with E-state index in [0.29, 0.717) is 38.5 Å². The Morgan fingerprint density at radius 3 is 2.71 bits per heavy atom. The molecule has 0 saturated carbocycles. The topological polar surface area (TPSA) is 58.6 Å². The van der Waals surface area contributed by atoms with Gasteiger partial charge < -0.3 is 15.0 Å². The van der Waals surface area contributed by atoms with E-state index in [9.17, 15) is 9.59 Å². The monoisotopic (exact) mass is 332 g/mol. The van der Waals surface area contributed by atoms with E-state index in [1.54, 1.807) is 11.9 Å². The van der Waals surface area contributed by atoms with Crippen LogP contribution >= 0.6 is 0 Å². The van der Waals surface area contributed by atoms with Gasteiger partial charge in [0.05, 0.1) is 18.6 Å². The summed E-state index contributed by atoms with van der Waals surface area (Å²) >= 11 is 0. The molecule has 0 bridgehead atoms. The Morgan fingerprint density at radius 1 is 1.33 bits per heavy atom. The average molecular weight is 332 g/mol. The van der Waals surface area contributed by atoms with Crippen molar-refractivity contribution in [2.45, 2.75) is 32.7 Å². The lowest BCUT2D eigenvalue weighted by Gasteiger charge is -2.38. The second-order valence-electron chi connectivity index (χ2n) is 6.77. The van der Waals surface area contributed by atoms with Crippen LogP contribution in [-0.2, 0) is 14.3 Å². The average Bonchev–Trinajstić information content (AvgIpc) is 2.57. The highest BCUT2D eigenvalue weighted by molar-refractivity contribution is 5.84. The third-order valence-electron chi connectivity index (χ3n) is 4.34. The summed E-state index contributed by atoms with van der Waals surface area (Å²) < 4.78 is 5.50. The van der Waals surface area contributed by atoms with Gasteiger partial charge in [0.1, 0.15) is 0 Å². The van der Waals surface area contributed by atoms with E-state index < -0.39 is 0 Å². The quantitative estimate of drug-likeness (QED) is 0.780. The zero-order chi connectivity index (χ0) is 17.5. The van der Waals surface area contributed by atoms with Gasteiger partial charge in [-0.1, -0.05) is 44.2 Å². The van der Waals surface area contributed by atoms with Crippen LogP contribution in [0.25, 0.3) is 0 Å². The molecule has 1 heterocycles. The van der Waals surface area contributed by atoms with E-state index in [2.05, 4.69) is 19.2 Å². The maximum absolute atomic E-state index is 12.6. The smallest absolute Gasteiger partial charge is 0.225 e. The van der Waals surface area contributed by atoms with Crippen molar-refractivity contribution in [1.82, 2.24) is 10.2 Å². The summed E-state index contributed by atoms with van der Waals surface area (Å²) in [5.41, 5.74) is 1.00. The number of likely N-dealkylation sites (tertiary alicyclic amines) is 1. The maximum atomic E-state index is 12.6. The van der Waals surface area contributed by atoms with Crippen LogP contribution in [0.1, 0.15) is 38.3 Å². The molecule has 1 saturated heterocycles. The number of carbonyl (C=O) groups is 2. The van der Waals surface area contributed by atoms with Gasteiger partial charge in [-0.2, -0.15) is 0 Å². The summed E-state index contributed by atoms with van der Waals surface area (Å²) in [5, 5.41) is 2.96. The molecule has 0 radical (unpaired) electrons. The number of ether oxygens (including phenoxy) is 1. The molecule has 0 aliphatic carbocycles. The summed E-state index contributed by atoms with van der Waals surface area (Å²) in [5.74, 6) is 0.353. The fraction of sp³-hybridized carbons (Fsp3) is 0.579. The molecule has 1 aromatic rings. The van der Waals surface area contributed by atoms with E-state index in [1.807, 2.05) is 30.3 Å². The highest BCUT2D eigenvalue weighted by atomic mass is 16.5. The van der Waals surface area contributed by atoms with Gasteiger partial charge >= 0.3 is 0 Å². The van der Waals surface area contributed by atoms with Crippen LogP contribution in [0.2, 0.25) is 0 Å². The largest absolute Gasteiger partial charge is 0.379 e. The van der Waals surface area contributed by atoms with Crippen LogP contribution < -0.4 is 5.32 Å². The fourth-order valence-corrected chi connectivity index (χ4v) is 3.12. The van der Waals surface area contributed by atoms with Gasteiger partial charge in [-0.25, -0.2) is 0 Å². The van der Waals surface area contributed by atoms with Crippen LogP contribution in [0.4, 0.5) is 0 Å². The van der Waals surface area contributed by atoms with Crippen LogP contribution in [0, 0.1) is 11.8 Å². The van der Waals surface area contributed by atoms with E-state index in [0.717, 1.165) is 5.56 Å². The first-order chi connectivity index (χ1) is 11.5. The first-order valence-corrected chi connectivity index (χ1v) is 8.66. The molecule has 1 aliphatic rings. The molecule has 132 valence electrons. The summed E-state index contributed by atoms with van der Waals surface area (Å²) in [6, 6.07) is 9.57. The number of benzene rings is 1. The highest BCUT2D eigenvalue weighted by Crippen LogP contribution is 2.35. The zero-order valence-corrected chi connectivity index (χ0v) is 14.8. The van der Waals surface area contributed by atoms with E-state index in [1.165, 1.54) is 0 Å². The van der Waals surface area contributed by atoms with Gasteiger partial charge in [0.25, 0.3) is 0 Å². The molecule has 0 aromatic heterocycles. The van der Waals surface area contributed by atoms with Gasteiger partial charge in [0, 0.05) is 26.6 Å². The number of hydrogen-bond donors (Lipinski definition) is 1. The molecule has 5 heteroatoms. The van der Waals surface area contributed by atoms with E-state index in [-0.39, 0.29) is 23.8 Å². The number of rotatable bonds is 7. The molecular weight excluding hydrogens is 304 g/mol. The van der Waals surface area contributed by atoms with Crippen molar-refractivity contribution in [3.8, 4) is 0 Å². The van der Waals surface area contributed by atoms with Crippen molar-refractivity contribution in [2.24, 2.45) is 11.8 Å². The summed E-state index contributed by atoms with van der Waals surface area (Å²) in [7, 11) is 1.78. The van der Waals surface area contributed by atoms with E-state index in [4.69, 9.17) is 4.74 Å². The van der Waals surface area contributed by atoms with Crippen molar-refractivity contribution in [1.29, 1.82) is 0 Å². The van der Waals surface area contributed by atoms with Gasteiger partial charge in [-0.15, -0.1) is 0 Å². The number of hydrogen-bond acceptors (Lipinski definition) is 3. The Morgan fingerprint density at radius 2 is 2.04 bits per heavy atom. The number of carbonyl (C=O) groups excluding carboxylic acids is 2. The molecule has 5 nitrogen and oxygen atoms in total. The predicted molar refractivity (Wildman–Crippen MR) is 93.3 cm³/mol. The number of piperidine rings is 1. The van der Waals surface area contributed by atoms with Crippen molar-refractivity contribution < 1.29 is 14.3 Å². The second kappa shape index (κ2) is 8.83. The minimum atomic E-state index is -0.222. The Labute approximate surface area is 144 Å². The number of nitrogens with one attached hydrogen (secondary N) is 1. The lowest BCUT2D eigenvalue weighted by Crippen LogP contribution is -2.46. The molecule has 2 amide bonds. The first kappa shape index (κ1) is 18.5. The molecule has 2 atom stereocenters. The number of amides is 2. The van der Waals surface area contributed by atoms with Crippen LogP contribution in [0.3, 0.4) is 0 Å². The first-order valence-electron chi connectivity index (χ1n) is 8.66. The third kappa shape index (κ3) is 4.81. The normalized spacial score (nSPS) is 21.2. The van der Waals surface area contributed by atoms with Crippen molar-refractivity contribution in [3.05, 3.63) is 35.9 Å². The molecule has 1 aliphatic heterocycles. The van der Waals surface area contributed by atoms with Gasteiger partial charge in [-0.3, -0.25) is 9.59 Å². The lowest BCUT2D eigenvalue weighted by atomic mass is 9.84. The van der Waals surface area contributed by atoms with Crippen molar-refractivity contribution >= 4 is 11.8 Å². The predicted octanol–water partition coefficient (Wildman–Crippen LogP) is 2.38. The summed E-state index contributed by atoms with van der Waals surface area (Å²) in [4.78, 5) is 26.4. The molecule has 1 fully saturated rings. The zero-order valence-electron chi connectivity index (χ0n) is 14.8. The van der Waals surface area contributed by atoms with Gasteiger partial charge in [-0.05, 0) is 17.9 Å². The van der Waals surface area contributed by atoms with Gasteiger partial charge in [0.2, 0.25) is 11.8 Å². The van der Waals surface area contributed by atoms with Gasteiger partial charge in [0.15, 0.2) is 0 Å². The van der Waals surface area contributed by atoms with Crippen molar-refractivity contribution in [3.63, 3.8) is 0 Å². The van der Waals surface area contributed by atoms with Crippen LogP contribution in [-0.4, -0.2) is 43.5 Å². The molecule has 1 N–H and O–H groups in total. The summed E-state index contributed by atoms with van der Waals surface area (Å²) in [6.07, 6.45) is 1.00. The highest BCUT2D eigenvalue weighted by Gasteiger charge is 2.38. The standard InChI is InChI=1S/C19H28N2O3/c1-14(2)13-24-12-11-20-19(23)16-9-10-17(22)21(3)18(16)15-7-5-4-6-8-15/h4-8,14,16,18H,9-13H2,1-3H3,(H,20,23)/t16-,18+/m1/s1. The summed E-state index contributed by atoms with van der Waals surface area (Å²) in [6.45, 7) is 5.90. The molecule has 2 rings (SSSR count). The second-order valence-corrected chi connectivity index (χ2v) is 6.77. The van der Waals surface area contributed by atoms with Crippen LogP contribution in [0.15, 0.2) is 30.3 Å². The van der Waals surface area contributed by atoms with Crippen molar-refractivity contribution in [2.75, 3.05) is 26.8 Å². The molecular formula is C19H28N2O3. The Kier molecular flexibility index (Phi) is 6.79. The fourth-order valence-electron chi connectivity index (χ4n) is 3.12. The van der Waals surface area contributed by atoms with Crippen LogP contribution in [0.5, 0.6) is 0 Å². The SMILES string of the molecule is CC(C)COCCNC(=O)[C@@H]1CCC(=O)N(C)[C@H]1c1ccccc1. The maximum Gasteiger partial charge on any atom is 0.225 e. The minimum absolute atomic E-state index is 0.00338. The number of nitrogens with zero attached hydrogens (tertiary/aromatic N) is 1. The van der Waals surface area contributed by atoms with E-state index >= 15 is 0 Å². The Hall–Kier alpha value is -1.88. The lowest BCUT2D eigenvalue weighted by molar-refractivity contribution is -0.141. The molecule has 1 aromatic carbocycles. The Bertz CT molecular complexity index is 545. The third-order valence-corrected chi connectivity index (χ3v) is 4.34. The molecule has 0 unspecified atom stereocenters.